The molecule has 0 radical (unpaired) electrons. The molecule has 0 amide bonds. The standard InChI is InChI=1S/C18H17N3O5S2/c22-28(23,19-9-11-4-5-13-14(8-11)25-10-24-13)16-7-6-15(27-16)18-21-20-17(26-18)12-2-1-3-12/h4-8,12,19H,1-3,9-10H2. The number of benzene rings is 1. The fourth-order valence-electron chi connectivity index (χ4n) is 3.03. The normalized spacial score (nSPS) is 16.3. The Morgan fingerprint density at radius 2 is 1.96 bits per heavy atom. The fraction of sp³-hybridized carbons (Fsp3) is 0.333. The lowest BCUT2D eigenvalue weighted by Gasteiger charge is -2.20. The van der Waals surface area contributed by atoms with Gasteiger partial charge in [-0.2, -0.15) is 0 Å². The third kappa shape index (κ3) is 3.27. The SMILES string of the molecule is O=S(=O)(NCc1ccc2c(c1)OCO2)c1ccc(-c2nnc(C3CCC3)o2)s1. The number of nitrogens with zero attached hydrogens (tertiary/aromatic N) is 2. The smallest absolute Gasteiger partial charge is 0.257 e. The van der Waals surface area contributed by atoms with Gasteiger partial charge in [0, 0.05) is 12.5 Å². The van der Waals surface area contributed by atoms with E-state index in [0.717, 1.165) is 29.7 Å². The maximum atomic E-state index is 12.6. The van der Waals surface area contributed by atoms with Crippen LogP contribution in [-0.2, 0) is 16.6 Å². The van der Waals surface area contributed by atoms with Crippen LogP contribution in [0.4, 0.5) is 0 Å². The van der Waals surface area contributed by atoms with E-state index in [1.807, 2.05) is 0 Å². The van der Waals surface area contributed by atoms with Crippen LogP contribution in [0.25, 0.3) is 10.8 Å². The van der Waals surface area contributed by atoms with E-state index in [-0.39, 0.29) is 17.5 Å². The van der Waals surface area contributed by atoms with Crippen molar-refractivity contribution in [3.05, 3.63) is 41.8 Å². The monoisotopic (exact) mass is 419 g/mol. The van der Waals surface area contributed by atoms with E-state index < -0.39 is 10.0 Å². The van der Waals surface area contributed by atoms with Gasteiger partial charge < -0.3 is 13.9 Å². The summed E-state index contributed by atoms with van der Waals surface area (Å²) in [4.78, 5) is 0.640. The Morgan fingerprint density at radius 1 is 1.11 bits per heavy atom. The maximum absolute atomic E-state index is 12.6. The number of ether oxygens (including phenoxy) is 2. The molecule has 5 rings (SSSR count). The summed E-state index contributed by atoms with van der Waals surface area (Å²) < 4.78 is 44.4. The molecular weight excluding hydrogens is 402 g/mol. The molecule has 0 bridgehead atoms. The second-order valence-electron chi connectivity index (χ2n) is 6.70. The van der Waals surface area contributed by atoms with Gasteiger partial charge in [-0.3, -0.25) is 0 Å². The Labute approximate surface area is 165 Å². The van der Waals surface area contributed by atoms with Crippen LogP contribution in [0.5, 0.6) is 11.5 Å². The predicted molar refractivity (Wildman–Crippen MR) is 101 cm³/mol. The van der Waals surface area contributed by atoms with Crippen LogP contribution >= 0.6 is 11.3 Å². The molecule has 2 aliphatic rings. The largest absolute Gasteiger partial charge is 0.454 e. The summed E-state index contributed by atoms with van der Waals surface area (Å²) in [5.41, 5.74) is 0.784. The fourth-order valence-corrected chi connectivity index (χ4v) is 5.32. The number of hydrogen-bond donors (Lipinski definition) is 1. The van der Waals surface area contributed by atoms with Crippen molar-refractivity contribution in [3.63, 3.8) is 0 Å². The molecule has 3 heterocycles. The molecule has 3 aromatic rings. The van der Waals surface area contributed by atoms with Gasteiger partial charge in [0.15, 0.2) is 11.5 Å². The Balaban J connectivity index is 1.29. The lowest BCUT2D eigenvalue weighted by atomic mass is 9.85. The summed E-state index contributed by atoms with van der Waals surface area (Å²) in [5.74, 6) is 2.63. The van der Waals surface area contributed by atoms with Gasteiger partial charge in [0.1, 0.15) is 4.21 Å². The third-order valence-electron chi connectivity index (χ3n) is 4.86. The zero-order valence-electron chi connectivity index (χ0n) is 14.8. The number of sulfonamides is 1. The van der Waals surface area contributed by atoms with Crippen molar-refractivity contribution >= 4 is 21.4 Å². The van der Waals surface area contributed by atoms with Crippen molar-refractivity contribution in [2.45, 2.75) is 35.9 Å². The molecule has 1 fully saturated rings. The summed E-state index contributed by atoms with van der Waals surface area (Å²) in [6.45, 7) is 0.333. The summed E-state index contributed by atoms with van der Waals surface area (Å²) in [6, 6.07) is 8.58. The first-order valence-electron chi connectivity index (χ1n) is 8.90. The first-order chi connectivity index (χ1) is 13.6. The van der Waals surface area contributed by atoms with E-state index in [4.69, 9.17) is 13.9 Å². The van der Waals surface area contributed by atoms with E-state index in [9.17, 15) is 8.42 Å². The molecule has 1 aliphatic heterocycles. The molecule has 8 nitrogen and oxygen atoms in total. The van der Waals surface area contributed by atoms with E-state index in [1.54, 1.807) is 30.3 Å². The van der Waals surface area contributed by atoms with Crippen LogP contribution in [0, 0.1) is 0 Å². The molecule has 146 valence electrons. The van der Waals surface area contributed by atoms with E-state index in [2.05, 4.69) is 14.9 Å². The minimum absolute atomic E-state index is 0.151. The van der Waals surface area contributed by atoms with Gasteiger partial charge in [-0.1, -0.05) is 12.5 Å². The quantitative estimate of drug-likeness (QED) is 0.654. The second-order valence-corrected chi connectivity index (χ2v) is 9.78. The van der Waals surface area contributed by atoms with Crippen LogP contribution < -0.4 is 14.2 Å². The van der Waals surface area contributed by atoms with Gasteiger partial charge in [0.2, 0.25) is 22.7 Å². The minimum atomic E-state index is -3.66. The number of fused-ring (bicyclic) bond motifs is 1. The van der Waals surface area contributed by atoms with Crippen LogP contribution in [0.15, 0.2) is 39.0 Å². The first-order valence-corrected chi connectivity index (χ1v) is 11.2. The lowest BCUT2D eigenvalue weighted by Crippen LogP contribution is -2.22. The summed E-state index contributed by atoms with van der Waals surface area (Å²) >= 11 is 1.11. The average Bonchev–Trinajstić information content (AvgIpc) is 3.37. The zero-order chi connectivity index (χ0) is 19.1. The van der Waals surface area contributed by atoms with Crippen LogP contribution in [0.3, 0.4) is 0 Å². The van der Waals surface area contributed by atoms with Crippen molar-refractivity contribution in [1.29, 1.82) is 0 Å². The lowest BCUT2D eigenvalue weighted by molar-refractivity contribution is 0.174. The number of thiophene rings is 1. The van der Waals surface area contributed by atoms with E-state index in [0.29, 0.717) is 34.1 Å². The highest BCUT2D eigenvalue weighted by Gasteiger charge is 2.26. The highest BCUT2D eigenvalue weighted by atomic mass is 32.2. The maximum Gasteiger partial charge on any atom is 0.257 e. The second kappa shape index (κ2) is 6.87. The van der Waals surface area contributed by atoms with Gasteiger partial charge in [-0.25, -0.2) is 13.1 Å². The molecule has 1 N–H and O–H groups in total. The van der Waals surface area contributed by atoms with E-state index >= 15 is 0 Å². The predicted octanol–water partition coefficient (Wildman–Crippen LogP) is 3.27. The van der Waals surface area contributed by atoms with E-state index in [1.165, 1.54) is 6.42 Å². The molecule has 0 saturated heterocycles. The van der Waals surface area contributed by atoms with Crippen molar-refractivity contribution in [2.75, 3.05) is 6.79 Å². The van der Waals surface area contributed by atoms with Crippen molar-refractivity contribution in [1.82, 2.24) is 14.9 Å². The summed E-state index contributed by atoms with van der Waals surface area (Å²) in [7, 11) is -3.66. The number of aromatic nitrogens is 2. The summed E-state index contributed by atoms with van der Waals surface area (Å²) in [5, 5.41) is 8.16. The van der Waals surface area contributed by atoms with Crippen LogP contribution in [0.1, 0.15) is 36.6 Å². The van der Waals surface area contributed by atoms with Gasteiger partial charge in [0.05, 0.1) is 4.88 Å². The number of hydrogen-bond acceptors (Lipinski definition) is 8. The Kier molecular flexibility index (Phi) is 4.33. The summed E-state index contributed by atoms with van der Waals surface area (Å²) in [6.07, 6.45) is 3.31. The third-order valence-corrected chi connectivity index (χ3v) is 7.82. The van der Waals surface area contributed by atoms with Gasteiger partial charge >= 0.3 is 0 Å². The molecule has 1 aromatic carbocycles. The van der Waals surface area contributed by atoms with Crippen LogP contribution in [-0.4, -0.2) is 25.4 Å². The van der Waals surface area contributed by atoms with Crippen LogP contribution in [0.2, 0.25) is 0 Å². The average molecular weight is 419 g/mol. The van der Waals surface area contributed by atoms with Gasteiger partial charge in [0.25, 0.3) is 5.89 Å². The van der Waals surface area contributed by atoms with Crippen molar-refractivity contribution in [2.24, 2.45) is 0 Å². The topological polar surface area (TPSA) is 104 Å². The molecule has 1 saturated carbocycles. The Morgan fingerprint density at radius 3 is 2.79 bits per heavy atom. The zero-order valence-corrected chi connectivity index (χ0v) is 16.4. The van der Waals surface area contributed by atoms with Gasteiger partial charge in [-0.15, -0.1) is 21.5 Å². The van der Waals surface area contributed by atoms with Gasteiger partial charge in [-0.05, 0) is 42.7 Å². The molecule has 1 aliphatic carbocycles. The van der Waals surface area contributed by atoms with Crippen molar-refractivity contribution in [3.8, 4) is 22.3 Å². The van der Waals surface area contributed by atoms with Crippen molar-refractivity contribution < 1.29 is 22.3 Å². The first kappa shape index (κ1) is 17.7. The Hall–Kier alpha value is -2.43. The molecule has 28 heavy (non-hydrogen) atoms. The molecule has 10 heteroatoms. The highest BCUT2D eigenvalue weighted by Crippen LogP contribution is 2.38. The Bertz CT molecular complexity index is 1120. The molecule has 0 atom stereocenters. The molecule has 2 aromatic heterocycles. The molecule has 0 unspecified atom stereocenters. The number of nitrogens with one attached hydrogen (secondary N) is 1. The molecule has 0 spiro atoms. The molecular formula is C18H17N3O5S2. The number of rotatable bonds is 6. The minimum Gasteiger partial charge on any atom is -0.454 e. The highest BCUT2D eigenvalue weighted by molar-refractivity contribution is 7.91.